The van der Waals surface area contributed by atoms with Crippen LogP contribution in [-0.2, 0) is 4.79 Å². The van der Waals surface area contributed by atoms with Crippen molar-refractivity contribution in [1.29, 1.82) is 0 Å². The predicted octanol–water partition coefficient (Wildman–Crippen LogP) is 4.17. The van der Waals surface area contributed by atoms with Crippen LogP contribution in [0.2, 0.25) is 0 Å². The number of benzene rings is 2. The van der Waals surface area contributed by atoms with Crippen LogP contribution in [0.25, 0.3) is 17.3 Å². The summed E-state index contributed by atoms with van der Waals surface area (Å²) >= 11 is 1.27. The van der Waals surface area contributed by atoms with E-state index in [2.05, 4.69) is 20.5 Å². The van der Waals surface area contributed by atoms with Crippen LogP contribution in [0.1, 0.15) is 30.0 Å². The monoisotopic (exact) mass is 521 g/mol. The van der Waals surface area contributed by atoms with E-state index in [0.29, 0.717) is 37.8 Å². The lowest BCUT2D eigenvalue weighted by atomic mass is 10.00. The first-order chi connectivity index (χ1) is 18.5. The summed E-state index contributed by atoms with van der Waals surface area (Å²) in [5, 5.41) is 10.2. The summed E-state index contributed by atoms with van der Waals surface area (Å²) in [5.41, 5.74) is 3.83. The first-order valence-electron chi connectivity index (χ1n) is 12.0. The van der Waals surface area contributed by atoms with E-state index in [-0.39, 0.29) is 11.5 Å². The van der Waals surface area contributed by atoms with Crippen molar-refractivity contribution in [3.8, 4) is 11.3 Å². The molecular formula is C29H23N5O3S. The molecule has 2 aromatic carbocycles. The molecule has 6 rings (SSSR count). The summed E-state index contributed by atoms with van der Waals surface area (Å²) in [6, 6.07) is 21.9. The van der Waals surface area contributed by atoms with Crippen molar-refractivity contribution >= 4 is 29.0 Å². The lowest BCUT2D eigenvalue weighted by molar-refractivity contribution is -0.113. The number of aryl methyl sites for hydroxylation is 1. The molecule has 3 aromatic heterocycles. The number of carbonyl (C=O) groups is 1. The minimum absolute atomic E-state index is 0.259. The number of fused-ring (bicyclic) bond motifs is 1. The second-order valence-corrected chi connectivity index (χ2v) is 9.93. The molecule has 8 nitrogen and oxygen atoms in total. The summed E-state index contributed by atoms with van der Waals surface area (Å²) in [6.07, 6.45) is 3.50. The van der Waals surface area contributed by atoms with Crippen LogP contribution in [0.5, 0.6) is 0 Å². The highest BCUT2D eigenvalue weighted by Gasteiger charge is 2.34. The molecule has 0 saturated heterocycles. The fraction of sp³-hybridized carbons (Fsp3) is 0.103. The van der Waals surface area contributed by atoms with Gasteiger partial charge in [0.25, 0.3) is 11.5 Å². The van der Waals surface area contributed by atoms with Gasteiger partial charge in [-0.15, -0.1) is 0 Å². The molecule has 0 aliphatic carbocycles. The number of carbonyl (C=O) groups excluding carboxylic acids is 1. The number of rotatable bonds is 5. The number of furan rings is 1. The Morgan fingerprint density at radius 3 is 2.50 bits per heavy atom. The molecule has 0 fully saturated rings. The first kappa shape index (κ1) is 23.6. The maximum absolute atomic E-state index is 13.9. The number of para-hydroxylation sites is 1. The molecule has 2 N–H and O–H groups in total. The van der Waals surface area contributed by atoms with E-state index in [0.717, 1.165) is 16.8 Å². The smallest absolute Gasteiger partial charge is 0.271 e. The molecule has 4 heterocycles. The second-order valence-electron chi connectivity index (χ2n) is 8.92. The number of aromatic amines is 1. The molecule has 188 valence electrons. The van der Waals surface area contributed by atoms with Gasteiger partial charge in [0.15, 0.2) is 4.80 Å². The molecule has 0 unspecified atom stereocenters. The molecule has 1 atom stereocenters. The summed E-state index contributed by atoms with van der Waals surface area (Å²) in [6.45, 7) is 3.61. The van der Waals surface area contributed by atoms with Crippen molar-refractivity contribution in [2.45, 2.75) is 19.9 Å². The number of anilines is 1. The Kier molecular flexibility index (Phi) is 5.97. The van der Waals surface area contributed by atoms with Crippen molar-refractivity contribution < 1.29 is 9.21 Å². The maximum atomic E-state index is 13.9. The quantitative estimate of drug-likeness (QED) is 0.362. The molecule has 0 radical (unpaired) electrons. The second kappa shape index (κ2) is 9.60. The summed E-state index contributed by atoms with van der Waals surface area (Å²) in [4.78, 5) is 32.6. The van der Waals surface area contributed by atoms with Crippen LogP contribution in [0.3, 0.4) is 0 Å². The highest BCUT2D eigenvalue weighted by atomic mass is 32.1. The van der Waals surface area contributed by atoms with Gasteiger partial charge >= 0.3 is 0 Å². The zero-order valence-electron chi connectivity index (χ0n) is 20.6. The molecule has 0 bridgehead atoms. The van der Waals surface area contributed by atoms with Gasteiger partial charge in [-0.05, 0) is 44.2 Å². The van der Waals surface area contributed by atoms with Crippen molar-refractivity contribution in [1.82, 2.24) is 14.8 Å². The van der Waals surface area contributed by atoms with E-state index >= 15 is 0 Å². The first-order valence-corrected chi connectivity index (χ1v) is 12.9. The third-order valence-electron chi connectivity index (χ3n) is 6.35. The van der Waals surface area contributed by atoms with Crippen molar-refractivity contribution in [3.05, 3.63) is 127 Å². The van der Waals surface area contributed by atoms with Gasteiger partial charge in [0, 0.05) is 16.8 Å². The number of thiazole rings is 1. The van der Waals surface area contributed by atoms with Crippen molar-refractivity contribution in [2.24, 2.45) is 4.99 Å². The molecule has 1 aliphatic heterocycles. The van der Waals surface area contributed by atoms with Gasteiger partial charge in [-0.3, -0.25) is 19.3 Å². The zero-order valence-corrected chi connectivity index (χ0v) is 21.5. The van der Waals surface area contributed by atoms with E-state index in [4.69, 9.17) is 4.42 Å². The Balaban J connectivity index is 1.49. The minimum Gasteiger partial charge on any atom is -0.464 e. The molecule has 1 amide bonds. The van der Waals surface area contributed by atoms with Crippen LogP contribution in [0.15, 0.2) is 104 Å². The SMILES string of the molecule is CC1=C(C(=O)Nc2ccccc2)[C@H](c2ccc(C)o2)n2c(s/c(=C/c3cn[nH]c3-c3ccccc3)c2=O)=N1. The van der Waals surface area contributed by atoms with Crippen molar-refractivity contribution in [2.75, 3.05) is 5.32 Å². The van der Waals surface area contributed by atoms with Crippen molar-refractivity contribution in [3.63, 3.8) is 0 Å². The molecule has 0 spiro atoms. The van der Waals surface area contributed by atoms with Crippen LogP contribution in [-0.4, -0.2) is 20.7 Å². The summed E-state index contributed by atoms with van der Waals surface area (Å²) < 4.78 is 8.00. The lowest BCUT2D eigenvalue weighted by Crippen LogP contribution is -2.40. The number of hydrogen-bond donors (Lipinski definition) is 2. The number of nitrogens with one attached hydrogen (secondary N) is 2. The number of H-pyrrole nitrogens is 1. The van der Waals surface area contributed by atoms with Crippen LogP contribution in [0, 0.1) is 6.92 Å². The zero-order chi connectivity index (χ0) is 26.2. The van der Waals surface area contributed by atoms with Crippen LogP contribution in [0.4, 0.5) is 5.69 Å². The fourth-order valence-corrected chi connectivity index (χ4v) is 5.62. The number of amides is 1. The normalized spacial score (nSPS) is 15.3. The van der Waals surface area contributed by atoms with Gasteiger partial charge < -0.3 is 9.73 Å². The molecule has 1 aliphatic rings. The van der Waals surface area contributed by atoms with Gasteiger partial charge in [0.05, 0.1) is 27.7 Å². The van der Waals surface area contributed by atoms with Gasteiger partial charge in [0.2, 0.25) is 0 Å². The standard InChI is InChI=1S/C29H23N5O3S/c1-17-13-14-22(37-17)26-24(27(35)32-21-11-7-4-8-12-21)18(2)31-29-34(26)28(36)23(38-29)15-20-16-30-33-25(20)19-9-5-3-6-10-19/h3-16,26H,1-2H3,(H,30,33)(H,32,35)/b23-15+/t26-/m0/s1. The molecule has 0 saturated carbocycles. The number of aromatic nitrogens is 3. The number of hydrogen-bond acceptors (Lipinski definition) is 6. The average molecular weight is 522 g/mol. The van der Waals surface area contributed by atoms with E-state index < -0.39 is 6.04 Å². The van der Waals surface area contributed by atoms with Gasteiger partial charge in [-0.2, -0.15) is 5.10 Å². The third-order valence-corrected chi connectivity index (χ3v) is 7.33. The van der Waals surface area contributed by atoms with Crippen LogP contribution >= 0.6 is 11.3 Å². The topological polar surface area (TPSA) is 105 Å². The van der Waals surface area contributed by atoms with Gasteiger partial charge in [-0.1, -0.05) is 59.9 Å². The largest absolute Gasteiger partial charge is 0.464 e. The molecule has 5 aromatic rings. The Bertz CT molecular complexity index is 1860. The summed E-state index contributed by atoms with van der Waals surface area (Å²) in [5.74, 6) is 0.841. The Morgan fingerprint density at radius 1 is 1.05 bits per heavy atom. The number of nitrogens with zero attached hydrogens (tertiary/aromatic N) is 3. The minimum atomic E-state index is -0.760. The van der Waals surface area contributed by atoms with E-state index in [1.54, 1.807) is 23.8 Å². The lowest BCUT2D eigenvalue weighted by Gasteiger charge is -2.23. The third kappa shape index (κ3) is 4.22. The van der Waals surface area contributed by atoms with E-state index in [9.17, 15) is 9.59 Å². The predicted molar refractivity (Wildman–Crippen MR) is 146 cm³/mol. The Hall–Kier alpha value is -4.76. The van der Waals surface area contributed by atoms with Crippen LogP contribution < -0.4 is 20.2 Å². The van der Waals surface area contributed by atoms with Gasteiger partial charge in [-0.25, -0.2) is 4.99 Å². The Labute approximate surface area is 221 Å². The van der Waals surface area contributed by atoms with Gasteiger partial charge in [0.1, 0.15) is 17.6 Å². The highest BCUT2D eigenvalue weighted by molar-refractivity contribution is 7.07. The summed E-state index contributed by atoms with van der Waals surface area (Å²) in [7, 11) is 0. The highest BCUT2D eigenvalue weighted by Crippen LogP contribution is 2.32. The molecular weight excluding hydrogens is 498 g/mol. The molecule has 38 heavy (non-hydrogen) atoms. The maximum Gasteiger partial charge on any atom is 0.271 e. The van der Waals surface area contributed by atoms with E-state index in [1.807, 2.05) is 79.7 Å². The Morgan fingerprint density at radius 2 is 1.79 bits per heavy atom. The fourth-order valence-electron chi connectivity index (χ4n) is 4.58. The van der Waals surface area contributed by atoms with E-state index in [1.165, 1.54) is 11.3 Å². The number of allylic oxidation sites excluding steroid dienone is 1. The molecule has 9 heteroatoms. The average Bonchev–Trinajstić information content (AvgIpc) is 3.64.